The smallest absolute Gasteiger partial charge is 0.178 e. The summed E-state index contributed by atoms with van der Waals surface area (Å²) >= 11 is 5.76. The number of sulfone groups is 1. The molecular formula is C11H16ClNO2S. The van der Waals surface area contributed by atoms with Crippen LogP contribution < -0.4 is 5.32 Å². The highest BCUT2D eigenvalue weighted by Crippen LogP contribution is 2.17. The fourth-order valence-electron chi connectivity index (χ4n) is 1.25. The molecule has 0 fully saturated rings. The van der Waals surface area contributed by atoms with Gasteiger partial charge in [-0.1, -0.05) is 17.7 Å². The summed E-state index contributed by atoms with van der Waals surface area (Å²) in [4.78, 5) is 0.295. The fourth-order valence-corrected chi connectivity index (χ4v) is 3.00. The van der Waals surface area contributed by atoms with Crippen LogP contribution in [0.4, 0.5) is 0 Å². The largest absolute Gasteiger partial charge is 0.317 e. The molecule has 5 heteroatoms. The molecular weight excluding hydrogens is 246 g/mol. The third-order valence-corrected chi connectivity index (χ3v) is 4.45. The summed E-state index contributed by atoms with van der Waals surface area (Å²) in [5, 5.41) is 3.46. The molecule has 0 aliphatic rings. The van der Waals surface area contributed by atoms with E-state index in [1.807, 2.05) is 14.0 Å². The van der Waals surface area contributed by atoms with Crippen LogP contribution in [0.5, 0.6) is 0 Å². The molecule has 0 radical (unpaired) electrons. The van der Waals surface area contributed by atoms with Gasteiger partial charge in [0.05, 0.1) is 10.6 Å². The molecule has 0 aliphatic heterocycles. The van der Waals surface area contributed by atoms with Gasteiger partial charge in [0.25, 0.3) is 0 Å². The first-order chi connectivity index (χ1) is 7.45. The van der Waals surface area contributed by atoms with E-state index in [1.54, 1.807) is 18.2 Å². The summed E-state index contributed by atoms with van der Waals surface area (Å²) in [5.41, 5.74) is 0. The molecule has 90 valence electrons. The Morgan fingerprint density at radius 2 is 2.12 bits per heavy atom. The topological polar surface area (TPSA) is 46.2 Å². The standard InChI is InChI=1S/C11H16ClNO2S/c1-9(13-2)6-7-16(14,15)11-5-3-4-10(12)8-11/h3-5,8-9,13H,6-7H2,1-2H3. The van der Waals surface area contributed by atoms with Crippen LogP contribution in [0.1, 0.15) is 13.3 Å². The Kier molecular flexibility index (Phi) is 4.77. The molecule has 1 atom stereocenters. The molecule has 0 bridgehead atoms. The Balaban J connectivity index is 2.78. The maximum absolute atomic E-state index is 11.9. The van der Waals surface area contributed by atoms with Crippen molar-refractivity contribution < 1.29 is 8.42 Å². The zero-order valence-electron chi connectivity index (χ0n) is 9.40. The summed E-state index contributed by atoms with van der Waals surface area (Å²) in [5.74, 6) is 0.134. The second-order valence-electron chi connectivity index (χ2n) is 3.75. The van der Waals surface area contributed by atoms with Gasteiger partial charge in [0.1, 0.15) is 0 Å². The predicted octanol–water partition coefficient (Wildman–Crippen LogP) is 2.11. The van der Waals surface area contributed by atoms with E-state index in [2.05, 4.69) is 5.32 Å². The van der Waals surface area contributed by atoms with Crippen LogP contribution in [0.3, 0.4) is 0 Å². The summed E-state index contributed by atoms with van der Waals surface area (Å²) in [6, 6.07) is 6.56. The van der Waals surface area contributed by atoms with Crippen LogP contribution in [0.2, 0.25) is 5.02 Å². The first-order valence-electron chi connectivity index (χ1n) is 5.11. The first-order valence-corrected chi connectivity index (χ1v) is 7.14. The van der Waals surface area contributed by atoms with Crippen molar-refractivity contribution in [3.05, 3.63) is 29.3 Å². The van der Waals surface area contributed by atoms with E-state index < -0.39 is 9.84 Å². The molecule has 3 nitrogen and oxygen atoms in total. The summed E-state index contributed by atoms with van der Waals surface area (Å²) in [6.07, 6.45) is 0.589. The predicted molar refractivity (Wildman–Crippen MR) is 66.6 cm³/mol. The van der Waals surface area contributed by atoms with Crippen molar-refractivity contribution in [2.24, 2.45) is 0 Å². The Hall–Kier alpha value is -0.580. The average Bonchev–Trinajstić information content (AvgIpc) is 2.26. The van der Waals surface area contributed by atoms with E-state index in [9.17, 15) is 8.42 Å². The maximum Gasteiger partial charge on any atom is 0.178 e. The Bertz CT molecular complexity index is 445. The van der Waals surface area contributed by atoms with E-state index in [1.165, 1.54) is 6.07 Å². The SMILES string of the molecule is CNC(C)CCS(=O)(=O)c1cccc(Cl)c1. The Morgan fingerprint density at radius 1 is 1.44 bits per heavy atom. The second kappa shape index (κ2) is 5.66. The number of benzene rings is 1. The lowest BCUT2D eigenvalue weighted by molar-refractivity contribution is 0.565. The van der Waals surface area contributed by atoms with Crippen molar-refractivity contribution in [2.45, 2.75) is 24.3 Å². The molecule has 1 rings (SSSR count). The number of hydrogen-bond donors (Lipinski definition) is 1. The third-order valence-electron chi connectivity index (χ3n) is 2.47. The lowest BCUT2D eigenvalue weighted by atomic mass is 10.3. The van der Waals surface area contributed by atoms with Gasteiger partial charge in [-0.15, -0.1) is 0 Å². The molecule has 0 aliphatic carbocycles. The van der Waals surface area contributed by atoms with Gasteiger partial charge in [-0.3, -0.25) is 0 Å². The Labute approximate surface area is 102 Å². The summed E-state index contributed by atoms with van der Waals surface area (Å²) < 4.78 is 23.8. The minimum atomic E-state index is -3.21. The van der Waals surface area contributed by atoms with Crippen molar-refractivity contribution in [1.29, 1.82) is 0 Å². The minimum Gasteiger partial charge on any atom is -0.317 e. The second-order valence-corrected chi connectivity index (χ2v) is 6.30. The van der Waals surface area contributed by atoms with E-state index in [0.717, 1.165) is 0 Å². The molecule has 1 N–H and O–H groups in total. The van der Waals surface area contributed by atoms with E-state index >= 15 is 0 Å². The van der Waals surface area contributed by atoms with Gasteiger partial charge < -0.3 is 5.32 Å². The molecule has 0 spiro atoms. The highest BCUT2D eigenvalue weighted by atomic mass is 35.5. The van der Waals surface area contributed by atoms with Crippen molar-refractivity contribution >= 4 is 21.4 Å². The van der Waals surface area contributed by atoms with Gasteiger partial charge in [0, 0.05) is 11.1 Å². The van der Waals surface area contributed by atoms with Gasteiger partial charge in [0.2, 0.25) is 0 Å². The van der Waals surface area contributed by atoms with Gasteiger partial charge in [0.15, 0.2) is 9.84 Å². The first kappa shape index (κ1) is 13.5. The third kappa shape index (κ3) is 3.77. The highest BCUT2D eigenvalue weighted by molar-refractivity contribution is 7.91. The van der Waals surface area contributed by atoms with Crippen LogP contribution in [-0.4, -0.2) is 27.3 Å². The van der Waals surface area contributed by atoms with Crippen molar-refractivity contribution in [3.63, 3.8) is 0 Å². The normalized spacial score (nSPS) is 13.7. The van der Waals surface area contributed by atoms with E-state index in [-0.39, 0.29) is 11.8 Å². The monoisotopic (exact) mass is 261 g/mol. The molecule has 1 aromatic carbocycles. The average molecular weight is 262 g/mol. The number of halogens is 1. The lowest BCUT2D eigenvalue weighted by Crippen LogP contribution is -2.24. The van der Waals surface area contributed by atoms with E-state index in [0.29, 0.717) is 16.3 Å². The number of nitrogens with one attached hydrogen (secondary N) is 1. The van der Waals surface area contributed by atoms with Gasteiger partial charge in [-0.05, 0) is 38.6 Å². The molecule has 0 saturated carbocycles. The number of rotatable bonds is 5. The lowest BCUT2D eigenvalue weighted by Gasteiger charge is -2.10. The van der Waals surface area contributed by atoms with Crippen molar-refractivity contribution in [3.8, 4) is 0 Å². The highest BCUT2D eigenvalue weighted by Gasteiger charge is 2.15. The zero-order chi connectivity index (χ0) is 12.2. The Morgan fingerprint density at radius 3 is 2.69 bits per heavy atom. The van der Waals surface area contributed by atoms with Crippen LogP contribution in [0.25, 0.3) is 0 Å². The van der Waals surface area contributed by atoms with Crippen molar-refractivity contribution in [2.75, 3.05) is 12.8 Å². The van der Waals surface area contributed by atoms with Gasteiger partial charge in [-0.2, -0.15) is 0 Å². The van der Waals surface area contributed by atoms with Crippen molar-refractivity contribution in [1.82, 2.24) is 5.32 Å². The van der Waals surface area contributed by atoms with Crippen LogP contribution in [-0.2, 0) is 9.84 Å². The number of hydrogen-bond acceptors (Lipinski definition) is 3. The van der Waals surface area contributed by atoms with Crippen LogP contribution in [0, 0.1) is 0 Å². The quantitative estimate of drug-likeness (QED) is 0.883. The van der Waals surface area contributed by atoms with Crippen LogP contribution in [0.15, 0.2) is 29.2 Å². The molecule has 0 saturated heterocycles. The molecule has 0 heterocycles. The molecule has 16 heavy (non-hydrogen) atoms. The van der Waals surface area contributed by atoms with E-state index in [4.69, 9.17) is 11.6 Å². The molecule has 0 aromatic heterocycles. The summed E-state index contributed by atoms with van der Waals surface area (Å²) in [7, 11) is -1.40. The zero-order valence-corrected chi connectivity index (χ0v) is 11.0. The van der Waals surface area contributed by atoms with Crippen LogP contribution >= 0.6 is 11.6 Å². The molecule has 0 amide bonds. The summed E-state index contributed by atoms with van der Waals surface area (Å²) in [6.45, 7) is 1.95. The molecule has 1 unspecified atom stereocenters. The van der Waals surface area contributed by atoms with Gasteiger partial charge in [-0.25, -0.2) is 8.42 Å². The van der Waals surface area contributed by atoms with Gasteiger partial charge >= 0.3 is 0 Å². The minimum absolute atomic E-state index is 0.134. The maximum atomic E-state index is 11.9. The molecule has 1 aromatic rings. The fraction of sp³-hybridized carbons (Fsp3) is 0.455.